The fourth-order valence-electron chi connectivity index (χ4n) is 1.75. The summed E-state index contributed by atoms with van der Waals surface area (Å²) < 4.78 is 5.75. The van der Waals surface area contributed by atoms with Crippen LogP contribution in [0.3, 0.4) is 0 Å². The molecule has 4 nitrogen and oxygen atoms in total. The molecule has 0 bridgehead atoms. The second-order valence-electron chi connectivity index (χ2n) is 4.35. The Hall–Kier alpha value is -2.20. The fraction of sp³-hybridized carbons (Fsp3) is 0.133. The molecule has 3 N–H and O–H groups in total. The molecule has 2 aromatic carbocycles. The zero-order valence-corrected chi connectivity index (χ0v) is 12.0. The monoisotopic (exact) mass is 290 g/mol. The van der Waals surface area contributed by atoms with Crippen LogP contribution in [0.4, 0.5) is 5.69 Å². The molecule has 0 heterocycles. The lowest BCUT2D eigenvalue weighted by Gasteiger charge is -2.12. The number of nitrogen functional groups attached to an aromatic ring is 1. The van der Waals surface area contributed by atoms with Gasteiger partial charge in [0.25, 0.3) is 5.91 Å². The number of hydrogen-bond acceptors (Lipinski definition) is 3. The van der Waals surface area contributed by atoms with E-state index >= 15 is 0 Å². The van der Waals surface area contributed by atoms with E-state index in [0.717, 1.165) is 5.56 Å². The van der Waals surface area contributed by atoms with Gasteiger partial charge in [0.1, 0.15) is 11.5 Å². The largest absolute Gasteiger partial charge is 0.456 e. The number of anilines is 1. The number of nitrogens with one attached hydrogen (secondary N) is 1. The van der Waals surface area contributed by atoms with Crippen LogP contribution < -0.4 is 15.8 Å². The molecule has 0 spiro atoms. The summed E-state index contributed by atoms with van der Waals surface area (Å²) in [6.45, 7) is 1.88. The number of nitrogens with two attached hydrogens (primary N) is 1. The number of carbonyl (C=O) groups excluding carboxylic acids is 1. The summed E-state index contributed by atoms with van der Waals surface area (Å²) in [5.74, 6) is 0.777. The van der Waals surface area contributed by atoms with Gasteiger partial charge in [0.15, 0.2) is 0 Å². The van der Waals surface area contributed by atoms with Gasteiger partial charge in [0, 0.05) is 23.8 Å². The van der Waals surface area contributed by atoms with Crippen LogP contribution >= 0.6 is 11.6 Å². The SMILES string of the molecule is CNC(=O)c1ccc(N)cc1Oc1ccc(Cl)c(C)c1. The van der Waals surface area contributed by atoms with E-state index in [1.54, 1.807) is 43.4 Å². The van der Waals surface area contributed by atoms with Crippen LogP contribution in [0.5, 0.6) is 11.5 Å². The third-order valence-corrected chi connectivity index (χ3v) is 3.26. The molecule has 0 radical (unpaired) electrons. The van der Waals surface area contributed by atoms with Crippen molar-refractivity contribution < 1.29 is 9.53 Å². The highest BCUT2D eigenvalue weighted by molar-refractivity contribution is 6.31. The Kier molecular flexibility index (Phi) is 4.15. The van der Waals surface area contributed by atoms with Gasteiger partial charge in [-0.15, -0.1) is 0 Å². The molecular weight excluding hydrogens is 276 g/mol. The summed E-state index contributed by atoms with van der Waals surface area (Å²) in [6, 6.07) is 10.2. The summed E-state index contributed by atoms with van der Waals surface area (Å²) >= 11 is 5.97. The third-order valence-electron chi connectivity index (χ3n) is 2.83. The van der Waals surface area contributed by atoms with E-state index in [4.69, 9.17) is 22.1 Å². The maximum atomic E-state index is 11.8. The summed E-state index contributed by atoms with van der Waals surface area (Å²) in [5.41, 5.74) is 7.59. The molecule has 0 atom stereocenters. The van der Waals surface area contributed by atoms with Gasteiger partial charge in [-0.3, -0.25) is 4.79 Å². The Balaban J connectivity index is 2.38. The molecule has 0 saturated heterocycles. The molecule has 20 heavy (non-hydrogen) atoms. The first-order chi connectivity index (χ1) is 9.51. The van der Waals surface area contributed by atoms with E-state index in [1.807, 2.05) is 6.92 Å². The molecule has 0 aliphatic carbocycles. The minimum absolute atomic E-state index is 0.231. The van der Waals surface area contributed by atoms with E-state index in [0.29, 0.717) is 27.8 Å². The van der Waals surface area contributed by atoms with Gasteiger partial charge in [0.2, 0.25) is 0 Å². The molecule has 2 rings (SSSR count). The van der Waals surface area contributed by atoms with Crippen LogP contribution in [0.2, 0.25) is 5.02 Å². The van der Waals surface area contributed by atoms with Gasteiger partial charge in [-0.05, 0) is 42.8 Å². The third kappa shape index (κ3) is 3.03. The molecule has 5 heteroatoms. The quantitative estimate of drug-likeness (QED) is 0.852. The zero-order valence-electron chi connectivity index (χ0n) is 11.2. The van der Waals surface area contributed by atoms with E-state index in [9.17, 15) is 4.79 Å². The van der Waals surface area contributed by atoms with Crippen LogP contribution in [0.15, 0.2) is 36.4 Å². The van der Waals surface area contributed by atoms with Gasteiger partial charge in [0.05, 0.1) is 5.56 Å². The average molecular weight is 291 g/mol. The Morgan fingerprint density at radius 3 is 2.65 bits per heavy atom. The number of benzene rings is 2. The standard InChI is InChI=1S/C15H15ClN2O2/c1-9-7-11(4-6-13(9)16)20-14-8-10(17)3-5-12(14)15(19)18-2/h3-8H,17H2,1-2H3,(H,18,19). The van der Waals surface area contributed by atoms with E-state index in [-0.39, 0.29) is 5.91 Å². The lowest BCUT2D eigenvalue weighted by atomic mass is 10.1. The lowest BCUT2D eigenvalue weighted by molar-refractivity contribution is 0.0961. The highest BCUT2D eigenvalue weighted by Crippen LogP contribution is 2.29. The van der Waals surface area contributed by atoms with Crippen molar-refractivity contribution in [3.63, 3.8) is 0 Å². The van der Waals surface area contributed by atoms with Gasteiger partial charge in [-0.2, -0.15) is 0 Å². The minimum Gasteiger partial charge on any atom is -0.456 e. The normalized spacial score (nSPS) is 10.2. The minimum atomic E-state index is -0.231. The second kappa shape index (κ2) is 5.84. The van der Waals surface area contributed by atoms with Gasteiger partial charge in [-0.1, -0.05) is 11.6 Å². The molecule has 0 aliphatic heterocycles. The first-order valence-corrected chi connectivity index (χ1v) is 6.44. The van der Waals surface area contributed by atoms with Crippen LogP contribution in [0.25, 0.3) is 0 Å². The van der Waals surface area contributed by atoms with Crippen molar-refractivity contribution in [3.8, 4) is 11.5 Å². The molecule has 0 fully saturated rings. The maximum absolute atomic E-state index is 11.8. The zero-order chi connectivity index (χ0) is 14.7. The first kappa shape index (κ1) is 14.2. The van der Waals surface area contributed by atoms with Crippen LogP contribution in [0, 0.1) is 6.92 Å². The average Bonchev–Trinajstić information content (AvgIpc) is 2.42. The number of amides is 1. The van der Waals surface area contributed by atoms with Gasteiger partial charge >= 0.3 is 0 Å². The van der Waals surface area contributed by atoms with Crippen molar-refractivity contribution in [2.45, 2.75) is 6.92 Å². The molecular formula is C15H15ClN2O2. The van der Waals surface area contributed by atoms with Crippen molar-refractivity contribution in [2.24, 2.45) is 0 Å². The lowest BCUT2D eigenvalue weighted by Crippen LogP contribution is -2.18. The fourth-order valence-corrected chi connectivity index (χ4v) is 1.87. The van der Waals surface area contributed by atoms with Crippen molar-refractivity contribution in [3.05, 3.63) is 52.5 Å². The smallest absolute Gasteiger partial charge is 0.254 e. The van der Waals surface area contributed by atoms with Crippen LogP contribution in [-0.2, 0) is 0 Å². The maximum Gasteiger partial charge on any atom is 0.254 e. The van der Waals surface area contributed by atoms with E-state index in [2.05, 4.69) is 5.32 Å². The van der Waals surface area contributed by atoms with E-state index in [1.165, 1.54) is 0 Å². The summed E-state index contributed by atoms with van der Waals surface area (Å²) in [5, 5.41) is 3.23. The number of halogens is 1. The Morgan fingerprint density at radius 2 is 2.00 bits per heavy atom. The van der Waals surface area contributed by atoms with Crippen molar-refractivity contribution in [2.75, 3.05) is 12.8 Å². The molecule has 1 amide bonds. The van der Waals surface area contributed by atoms with Gasteiger partial charge in [-0.25, -0.2) is 0 Å². The Bertz CT molecular complexity index is 656. The highest BCUT2D eigenvalue weighted by Gasteiger charge is 2.12. The number of ether oxygens (including phenoxy) is 1. The number of carbonyl (C=O) groups is 1. The first-order valence-electron chi connectivity index (χ1n) is 6.07. The van der Waals surface area contributed by atoms with E-state index < -0.39 is 0 Å². The molecule has 0 saturated carbocycles. The molecule has 2 aromatic rings. The number of aryl methyl sites for hydroxylation is 1. The molecule has 0 aromatic heterocycles. The molecule has 0 unspecified atom stereocenters. The topological polar surface area (TPSA) is 64.4 Å². The van der Waals surface area contributed by atoms with Crippen LogP contribution in [0.1, 0.15) is 15.9 Å². The van der Waals surface area contributed by atoms with Crippen molar-refractivity contribution in [1.82, 2.24) is 5.32 Å². The molecule has 0 aliphatic rings. The summed E-state index contributed by atoms with van der Waals surface area (Å²) in [7, 11) is 1.56. The second-order valence-corrected chi connectivity index (χ2v) is 4.75. The summed E-state index contributed by atoms with van der Waals surface area (Å²) in [6.07, 6.45) is 0. The Morgan fingerprint density at radius 1 is 1.25 bits per heavy atom. The Labute approximate surface area is 122 Å². The number of hydrogen-bond donors (Lipinski definition) is 2. The van der Waals surface area contributed by atoms with Gasteiger partial charge < -0.3 is 15.8 Å². The number of rotatable bonds is 3. The predicted molar refractivity (Wildman–Crippen MR) is 80.5 cm³/mol. The highest BCUT2D eigenvalue weighted by atomic mass is 35.5. The molecule has 104 valence electrons. The van der Waals surface area contributed by atoms with Crippen LogP contribution in [-0.4, -0.2) is 13.0 Å². The van der Waals surface area contributed by atoms with Crippen molar-refractivity contribution >= 4 is 23.2 Å². The summed E-state index contributed by atoms with van der Waals surface area (Å²) in [4.78, 5) is 11.8. The van der Waals surface area contributed by atoms with Crippen molar-refractivity contribution in [1.29, 1.82) is 0 Å². The predicted octanol–water partition coefficient (Wildman–Crippen LogP) is 3.38.